The predicted molar refractivity (Wildman–Crippen MR) is 98.4 cm³/mol. The van der Waals surface area contributed by atoms with E-state index in [0.717, 1.165) is 16.6 Å². The Kier molecular flexibility index (Phi) is 4.99. The van der Waals surface area contributed by atoms with Crippen LogP contribution in [0.25, 0.3) is 10.9 Å². The van der Waals surface area contributed by atoms with Gasteiger partial charge in [0.1, 0.15) is 0 Å². The first kappa shape index (κ1) is 16.6. The van der Waals surface area contributed by atoms with Crippen molar-refractivity contribution in [2.75, 3.05) is 31.4 Å². The van der Waals surface area contributed by atoms with Gasteiger partial charge in [0.15, 0.2) is 11.5 Å². The molecule has 0 saturated carbocycles. The number of pyridine rings is 1. The number of rotatable bonds is 6. The Morgan fingerprint density at radius 2 is 1.84 bits per heavy atom. The molecule has 128 valence electrons. The summed E-state index contributed by atoms with van der Waals surface area (Å²) in [6.45, 7) is 0.129. The number of amides is 1. The normalized spacial score (nSPS) is 10.3. The number of benzene rings is 2. The molecule has 0 atom stereocenters. The molecule has 0 aliphatic heterocycles. The van der Waals surface area contributed by atoms with Crippen molar-refractivity contribution in [3.8, 4) is 11.5 Å². The lowest BCUT2D eigenvalue weighted by molar-refractivity contribution is -0.114. The first-order chi connectivity index (χ1) is 12.2. The van der Waals surface area contributed by atoms with Gasteiger partial charge in [0.05, 0.1) is 32.0 Å². The Morgan fingerprint density at radius 1 is 1.04 bits per heavy atom. The van der Waals surface area contributed by atoms with Gasteiger partial charge in [0, 0.05) is 23.3 Å². The van der Waals surface area contributed by atoms with E-state index in [1.165, 1.54) is 0 Å². The van der Waals surface area contributed by atoms with Crippen LogP contribution in [0.4, 0.5) is 11.4 Å². The lowest BCUT2D eigenvalue weighted by atomic mass is 10.2. The molecular formula is C19H19N3O3. The van der Waals surface area contributed by atoms with Gasteiger partial charge >= 0.3 is 0 Å². The molecule has 0 bridgehead atoms. The highest BCUT2D eigenvalue weighted by Crippen LogP contribution is 2.29. The maximum Gasteiger partial charge on any atom is 0.243 e. The molecule has 0 radical (unpaired) electrons. The van der Waals surface area contributed by atoms with Gasteiger partial charge in [-0.2, -0.15) is 0 Å². The first-order valence-corrected chi connectivity index (χ1v) is 7.81. The van der Waals surface area contributed by atoms with Gasteiger partial charge in [-0.15, -0.1) is 0 Å². The maximum atomic E-state index is 12.2. The Bertz CT molecular complexity index is 891. The molecule has 6 heteroatoms. The first-order valence-electron chi connectivity index (χ1n) is 7.81. The molecule has 0 fully saturated rings. The van der Waals surface area contributed by atoms with Crippen LogP contribution in [0.3, 0.4) is 0 Å². The number of hydrogen-bond acceptors (Lipinski definition) is 5. The summed E-state index contributed by atoms with van der Waals surface area (Å²) in [4.78, 5) is 16.6. The minimum Gasteiger partial charge on any atom is -0.493 e. The van der Waals surface area contributed by atoms with Crippen LogP contribution in [0.5, 0.6) is 11.5 Å². The number of anilines is 2. The number of nitrogens with zero attached hydrogens (tertiary/aromatic N) is 1. The molecule has 0 aliphatic carbocycles. The molecule has 6 nitrogen and oxygen atoms in total. The molecule has 1 amide bonds. The number of carbonyl (C=O) groups is 1. The van der Waals surface area contributed by atoms with Crippen LogP contribution in [0, 0.1) is 0 Å². The van der Waals surface area contributed by atoms with E-state index in [2.05, 4.69) is 15.6 Å². The number of hydrogen-bond donors (Lipinski definition) is 2. The molecule has 0 aliphatic rings. The Hall–Kier alpha value is -3.28. The number of methoxy groups -OCH3 is 2. The zero-order valence-electron chi connectivity index (χ0n) is 14.1. The van der Waals surface area contributed by atoms with E-state index in [9.17, 15) is 4.79 Å². The molecule has 2 aromatic carbocycles. The van der Waals surface area contributed by atoms with E-state index in [1.54, 1.807) is 38.6 Å². The Labute approximate surface area is 145 Å². The lowest BCUT2D eigenvalue weighted by Gasteiger charge is -2.12. The van der Waals surface area contributed by atoms with Crippen LogP contribution >= 0.6 is 0 Å². The van der Waals surface area contributed by atoms with Crippen LogP contribution < -0.4 is 20.1 Å². The van der Waals surface area contributed by atoms with Crippen molar-refractivity contribution < 1.29 is 14.3 Å². The molecule has 0 saturated heterocycles. The number of ether oxygens (including phenoxy) is 2. The second kappa shape index (κ2) is 7.53. The smallest absolute Gasteiger partial charge is 0.243 e. The van der Waals surface area contributed by atoms with Crippen LogP contribution in [0.15, 0.2) is 54.7 Å². The molecule has 3 aromatic rings. The van der Waals surface area contributed by atoms with Crippen molar-refractivity contribution in [2.45, 2.75) is 0 Å². The average molecular weight is 337 g/mol. The van der Waals surface area contributed by atoms with E-state index in [0.29, 0.717) is 17.2 Å². The SMILES string of the molecule is COc1ccc(NC(=O)CNc2cccc3cccnc23)cc1OC. The van der Waals surface area contributed by atoms with Gasteiger partial charge in [-0.3, -0.25) is 9.78 Å². The fraction of sp³-hybridized carbons (Fsp3) is 0.158. The van der Waals surface area contributed by atoms with Crippen LogP contribution in [-0.4, -0.2) is 31.7 Å². The number of para-hydroxylation sites is 1. The van der Waals surface area contributed by atoms with Crippen molar-refractivity contribution in [3.05, 3.63) is 54.7 Å². The molecule has 1 aromatic heterocycles. The number of aromatic nitrogens is 1. The third-order valence-corrected chi connectivity index (χ3v) is 3.74. The summed E-state index contributed by atoms with van der Waals surface area (Å²) in [7, 11) is 3.12. The van der Waals surface area contributed by atoms with E-state index in [4.69, 9.17) is 9.47 Å². The fourth-order valence-corrected chi connectivity index (χ4v) is 2.54. The van der Waals surface area contributed by atoms with Crippen LogP contribution in [0.1, 0.15) is 0 Å². The summed E-state index contributed by atoms with van der Waals surface area (Å²) < 4.78 is 10.4. The molecule has 3 rings (SSSR count). The zero-order valence-corrected chi connectivity index (χ0v) is 14.1. The zero-order chi connectivity index (χ0) is 17.6. The van der Waals surface area contributed by atoms with Gasteiger partial charge < -0.3 is 20.1 Å². The second-order valence-corrected chi connectivity index (χ2v) is 5.35. The summed E-state index contributed by atoms with van der Waals surface area (Å²) in [5.41, 5.74) is 2.30. The maximum absolute atomic E-state index is 12.2. The Morgan fingerprint density at radius 3 is 2.64 bits per heavy atom. The van der Waals surface area contributed by atoms with E-state index in [-0.39, 0.29) is 12.5 Å². The monoisotopic (exact) mass is 337 g/mol. The predicted octanol–water partition coefficient (Wildman–Crippen LogP) is 3.30. The van der Waals surface area contributed by atoms with E-state index < -0.39 is 0 Å². The molecule has 2 N–H and O–H groups in total. The van der Waals surface area contributed by atoms with E-state index in [1.807, 2.05) is 30.3 Å². The van der Waals surface area contributed by atoms with Crippen molar-refractivity contribution in [1.29, 1.82) is 0 Å². The topological polar surface area (TPSA) is 72.5 Å². The summed E-state index contributed by atoms with van der Waals surface area (Å²) in [5, 5.41) is 6.98. The number of nitrogens with one attached hydrogen (secondary N) is 2. The standard InChI is InChI=1S/C19H19N3O3/c1-24-16-9-8-14(11-17(16)25-2)22-18(23)12-21-15-7-3-5-13-6-4-10-20-19(13)15/h3-11,21H,12H2,1-2H3,(H,22,23). The quantitative estimate of drug-likeness (QED) is 0.722. The molecule has 0 unspecified atom stereocenters. The van der Waals surface area contributed by atoms with Gasteiger partial charge in [-0.05, 0) is 24.3 Å². The highest BCUT2D eigenvalue weighted by molar-refractivity contribution is 5.96. The minimum absolute atomic E-state index is 0.129. The van der Waals surface area contributed by atoms with Gasteiger partial charge in [-0.25, -0.2) is 0 Å². The number of fused-ring (bicyclic) bond motifs is 1. The highest BCUT2D eigenvalue weighted by Gasteiger charge is 2.08. The largest absolute Gasteiger partial charge is 0.493 e. The van der Waals surface area contributed by atoms with Crippen LogP contribution in [0.2, 0.25) is 0 Å². The summed E-state index contributed by atoms with van der Waals surface area (Å²) in [6.07, 6.45) is 1.73. The van der Waals surface area contributed by atoms with Gasteiger partial charge in [0.25, 0.3) is 0 Å². The molecular weight excluding hydrogens is 318 g/mol. The molecule has 1 heterocycles. The molecule has 0 spiro atoms. The van der Waals surface area contributed by atoms with Gasteiger partial charge in [-0.1, -0.05) is 18.2 Å². The molecule has 25 heavy (non-hydrogen) atoms. The van der Waals surface area contributed by atoms with Crippen molar-refractivity contribution in [3.63, 3.8) is 0 Å². The second-order valence-electron chi connectivity index (χ2n) is 5.35. The van der Waals surface area contributed by atoms with E-state index >= 15 is 0 Å². The average Bonchev–Trinajstić information content (AvgIpc) is 2.66. The van der Waals surface area contributed by atoms with Crippen molar-refractivity contribution in [2.24, 2.45) is 0 Å². The summed E-state index contributed by atoms with van der Waals surface area (Å²) in [5.74, 6) is 1.01. The van der Waals surface area contributed by atoms with Crippen molar-refractivity contribution >= 4 is 28.2 Å². The summed E-state index contributed by atoms with van der Waals surface area (Å²) >= 11 is 0. The number of carbonyl (C=O) groups excluding carboxylic acids is 1. The summed E-state index contributed by atoms with van der Waals surface area (Å²) in [6, 6.07) is 14.9. The lowest BCUT2D eigenvalue weighted by Crippen LogP contribution is -2.21. The fourth-order valence-electron chi connectivity index (χ4n) is 2.54. The highest BCUT2D eigenvalue weighted by atomic mass is 16.5. The van der Waals surface area contributed by atoms with Crippen LogP contribution in [-0.2, 0) is 4.79 Å². The van der Waals surface area contributed by atoms with Gasteiger partial charge in [0.2, 0.25) is 5.91 Å². The third-order valence-electron chi connectivity index (χ3n) is 3.74. The third kappa shape index (κ3) is 3.80. The minimum atomic E-state index is -0.167. The Balaban J connectivity index is 1.67. The van der Waals surface area contributed by atoms with Crippen molar-refractivity contribution in [1.82, 2.24) is 4.98 Å².